The van der Waals surface area contributed by atoms with Crippen molar-refractivity contribution in [3.8, 4) is 11.5 Å². The predicted molar refractivity (Wildman–Crippen MR) is 103 cm³/mol. The minimum Gasteiger partial charge on any atom is -0.490 e. The molecule has 6 heteroatoms. The van der Waals surface area contributed by atoms with Crippen molar-refractivity contribution in [2.75, 3.05) is 32.8 Å². The number of aromatic nitrogens is 2. The standard InChI is InChI=1S/C20H30N4O2/c1-4-12-26-18-7-6-16(13-19(18)25-5-2)15-24-11-8-21-14-17(24)20-22-9-10-23(20)3/h6-7,9-10,13,17,21H,4-5,8,11-12,14-15H2,1-3H3. The Labute approximate surface area is 156 Å². The molecule has 26 heavy (non-hydrogen) atoms. The Balaban J connectivity index is 1.77. The summed E-state index contributed by atoms with van der Waals surface area (Å²) in [7, 11) is 2.06. The highest BCUT2D eigenvalue weighted by atomic mass is 16.5. The van der Waals surface area contributed by atoms with Gasteiger partial charge < -0.3 is 19.4 Å². The van der Waals surface area contributed by atoms with Crippen LogP contribution in [0.3, 0.4) is 0 Å². The van der Waals surface area contributed by atoms with Crippen LogP contribution in [-0.4, -0.2) is 47.3 Å². The summed E-state index contributed by atoms with van der Waals surface area (Å²) in [6, 6.07) is 6.57. The lowest BCUT2D eigenvalue weighted by atomic mass is 10.1. The number of ether oxygens (including phenoxy) is 2. The lowest BCUT2D eigenvalue weighted by molar-refractivity contribution is 0.144. The van der Waals surface area contributed by atoms with Crippen molar-refractivity contribution < 1.29 is 9.47 Å². The van der Waals surface area contributed by atoms with E-state index >= 15 is 0 Å². The molecule has 1 N–H and O–H groups in total. The highest BCUT2D eigenvalue weighted by molar-refractivity contribution is 5.43. The summed E-state index contributed by atoms with van der Waals surface area (Å²) in [5.41, 5.74) is 1.23. The molecule has 0 spiro atoms. The smallest absolute Gasteiger partial charge is 0.161 e. The Bertz CT molecular complexity index is 701. The third kappa shape index (κ3) is 4.37. The van der Waals surface area contributed by atoms with Crippen molar-refractivity contribution in [2.24, 2.45) is 7.05 Å². The molecule has 1 fully saturated rings. The molecule has 0 saturated carbocycles. The van der Waals surface area contributed by atoms with E-state index in [1.165, 1.54) is 5.56 Å². The molecule has 142 valence electrons. The Morgan fingerprint density at radius 3 is 2.85 bits per heavy atom. The maximum atomic E-state index is 5.82. The molecule has 2 aromatic rings. The van der Waals surface area contributed by atoms with Crippen LogP contribution in [0.1, 0.15) is 37.7 Å². The van der Waals surface area contributed by atoms with E-state index in [2.05, 4.69) is 45.9 Å². The summed E-state index contributed by atoms with van der Waals surface area (Å²) in [5.74, 6) is 2.77. The quantitative estimate of drug-likeness (QED) is 0.786. The van der Waals surface area contributed by atoms with Gasteiger partial charge in [-0.25, -0.2) is 4.98 Å². The molecular weight excluding hydrogens is 328 g/mol. The summed E-state index contributed by atoms with van der Waals surface area (Å²) in [4.78, 5) is 7.05. The lowest BCUT2D eigenvalue weighted by Gasteiger charge is -2.35. The van der Waals surface area contributed by atoms with Gasteiger partial charge in [-0.15, -0.1) is 0 Å². The van der Waals surface area contributed by atoms with E-state index in [0.29, 0.717) is 13.2 Å². The van der Waals surface area contributed by atoms with Crippen LogP contribution in [0, 0.1) is 0 Å². The van der Waals surface area contributed by atoms with Gasteiger partial charge in [-0.3, -0.25) is 4.90 Å². The van der Waals surface area contributed by atoms with Gasteiger partial charge in [0.2, 0.25) is 0 Å². The molecule has 1 aliphatic rings. The number of hydrogen-bond donors (Lipinski definition) is 1. The van der Waals surface area contributed by atoms with E-state index in [0.717, 1.165) is 49.9 Å². The van der Waals surface area contributed by atoms with Gasteiger partial charge in [-0.05, 0) is 31.0 Å². The molecule has 6 nitrogen and oxygen atoms in total. The van der Waals surface area contributed by atoms with E-state index in [1.807, 2.05) is 25.4 Å². The van der Waals surface area contributed by atoms with Crippen molar-refractivity contribution >= 4 is 0 Å². The Morgan fingerprint density at radius 1 is 1.23 bits per heavy atom. The minimum atomic E-state index is 0.273. The molecule has 1 aliphatic heterocycles. The Hall–Kier alpha value is -2.05. The van der Waals surface area contributed by atoms with Crippen LogP contribution in [0.4, 0.5) is 0 Å². The molecule has 2 heterocycles. The molecule has 1 aromatic carbocycles. The monoisotopic (exact) mass is 358 g/mol. The van der Waals surface area contributed by atoms with Crippen LogP contribution >= 0.6 is 0 Å². The van der Waals surface area contributed by atoms with Crippen molar-refractivity contribution in [3.63, 3.8) is 0 Å². The fourth-order valence-corrected chi connectivity index (χ4v) is 3.37. The average Bonchev–Trinajstić information content (AvgIpc) is 3.08. The zero-order chi connectivity index (χ0) is 18.4. The number of rotatable bonds is 8. The highest BCUT2D eigenvalue weighted by Crippen LogP contribution is 2.30. The predicted octanol–water partition coefficient (Wildman–Crippen LogP) is 2.75. The number of imidazole rings is 1. The van der Waals surface area contributed by atoms with Crippen LogP contribution in [-0.2, 0) is 13.6 Å². The first kappa shape index (κ1) is 18.7. The van der Waals surface area contributed by atoms with E-state index in [4.69, 9.17) is 9.47 Å². The van der Waals surface area contributed by atoms with Crippen LogP contribution in [0.25, 0.3) is 0 Å². The van der Waals surface area contributed by atoms with Gasteiger partial charge in [0.15, 0.2) is 11.5 Å². The average molecular weight is 358 g/mol. The van der Waals surface area contributed by atoms with Gasteiger partial charge in [0.25, 0.3) is 0 Å². The highest BCUT2D eigenvalue weighted by Gasteiger charge is 2.26. The molecule has 1 aromatic heterocycles. The first-order valence-corrected chi connectivity index (χ1v) is 9.53. The third-order valence-electron chi connectivity index (χ3n) is 4.67. The van der Waals surface area contributed by atoms with E-state index in [1.54, 1.807) is 0 Å². The first-order chi connectivity index (χ1) is 12.7. The number of hydrogen-bond acceptors (Lipinski definition) is 5. The zero-order valence-electron chi connectivity index (χ0n) is 16.1. The largest absolute Gasteiger partial charge is 0.490 e. The molecule has 1 saturated heterocycles. The summed E-state index contributed by atoms with van der Waals surface area (Å²) in [6.07, 6.45) is 4.86. The second-order valence-electron chi connectivity index (χ2n) is 6.65. The normalized spacial score (nSPS) is 18.0. The third-order valence-corrected chi connectivity index (χ3v) is 4.67. The maximum absolute atomic E-state index is 5.82. The molecule has 0 radical (unpaired) electrons. The molecule has 3 rings (SSSR count). The van der Waals surface area contributed by atoms with E-state index in [-0.39, 0.29) is 6.04 Å². The molecule has 0 bridgehead atoms. The zero-order valence-corrected chi connectivity index (χ0v) is 16.1. The van der Waals surface area contributed by atoms with Gasteiger partial charge >= 0.3 is 0 Å². The number of nitrogens with zero attached hydrogens (tertiary/aromatic N) is 3. The topological polar surface area (TPSA) is 51.5 Å². The van der Waals surface area contributed by atoms with Gasteiger partial charge in [-0.1, -0.05) is 13.0 Å². The molecule has 1 atom stereocenters. The van der Waals surface area contributed by atoms with Crippen LogP contribution in [0.5, 0.6) is 11.5 Å². The minimum absolute atomic E-state index is 0.273. The summed E-state index contributed by atoms with van der Waals surface area (Å²) < 4.78 is 13.7. The fourth-order valence-electron chi connectivity index (χ4n) is 3.37. The van der Waals surface area contributed by atoms with Crippen molar-refractivity contribution in [2.45, 2.75) is 32.9 Å². The van der Waals surface area contributed by atoms with Crippen molar-refractivity contribution in [3.05, 3.63) is 42.0 Å². The van der Waals surface area contributed by atoms with Crippen molar-refractivity contribution in [1.82, 2.24) is 19.8 Å². The van der Waals surface area contributed by atoms with Crippen LogP contribution in [0.15, 0.2) is 30.6 Å². The SMILES string of the molecule is CCCOc1ccc(CN2CCNCC2c2nccn2C)cc1OCC. The first-order valence-electron chi connectivity index (χ1n) is 9.53. The number of benzene rings is 1. The van der Waals surface area contributed by atoms with Crippen LogP contribution in [0.2, 0.25) is 0 Å². The van der Waals surface area contributed by atoms with Crippen LogP contribution < -0.4 is 14.8 Å². The summed E-state index contributed by atoms with van der Waals surface area (Å²) in [6.45, 7) is 9.23. The number of piperazine rings is 1. The van der Waals surface area contributed by atoms with E-state index < -0.39 is 0 Å². The summed E-state index contributed by atoms with van der Waals surface area (Å²) in [5, 5.41) is 3.49. The van der Waals surface area contributed by atoms with Gasteiger partial charge in [0, 0.05) is 45.6 Å². The maximum Gasteiger partial charge on any atom is 0.161 e. The lowest BCUT2D eigenvalue weighted by Crippen LogP contribution is -2.46. The fraction of sp³-hybridized carbons (Fsp3) is 0.550. The van der Waals surface area contributed by atoms with E-state index in [9.17, 15) is 0 Å². The van der Waals surface area contributed by atoms with Gasteiger partial charge in [0.1, 0.15) is 5.82 Å². The van der Waals surface area contributed by atoms with Crippen molar-refractivity contribution in [1.29, 1.82) is 0 Å². The second-order valence-corrected chi connectivity index (χ2v) is 6.65. The molecule has 0 amide bonds. The van der Waals surface area contributed by atoms with Gasteiger partial charge in [0.05, 0.1) is 19.3 Å². The molecule has 1 unspecified atom stereocenters. The van der Waals surface area contributed by atoms with Gasteiger partial charge in [-0.2, -0.15) is 0 Å². The Kier molecular flexibility index (Phi) is 6.52. The summed E-state index contributed by atoms with van der Waals surface area (Å²) >= 11 is 0. The number of aryl methyl sites for hydroxylation is 1. The molecular formula is C20H30N4O2. The second kappa shape index (κ2) is 9.05. The molecule has 0 aliphatic carbocycles. The number of nitrogens with one attached hydrogen (secondary N) is 1. The Morgan fingerprint density at radius 2 is 2.12 bits per heavy atom.